The van der Waals surface area contributed by atoms with Gasteiger partial charge in [-0.05, 0) is 30.2 Å². The van der Waals surface area contributed by atoms with Crippen LogP contribution in [-0.4, -0.2) is 46.8 Å². The van der Waals surface area contributed by atoms with Crippen molar-refractivity contribution < 1.29 is 18.5 Å². The van der Waals surface area contributed by atoms with Crippen LogP contribution in [0.15, 0.2) is 42.5 Å². The van der Waals surface area contributed by atoms with E-state index in [1.54, 1.807) is 17.0 Å². The minimum Gasteiger partial charge on any atom is -0.337 e. The molecule has 3 rings (SSSR count). The fourth-order valence-electron chi connectivity index (χ4n) is 3.16. The largest absolute Gasteiger partial charge is 0.337 e. The van der Waals surface area contributed by atoms with Gasteiger partial charge >= 0.3 is 0 Å². The van der Waals surface area contributed by atoms with Crippen LogP contribution >= 0.6 is 0 Å². The zero-order valence-electron chi connectivity index (χ0n) is 14.6. The first-order valence-electron chi connectivity index (χ1n) is 8.64. The Labute approximate surface area is 155 Å². The summed E-state index contributed by atoms with van der Waals surface area (Å²) >= 11 is 0. The number of benzene rings is 2. The van der Waals surface area contributed by atoms with Crippen LogP contribution in [0.2, 0.25) is 0 Å². The number of nitrogens with zero attached hydrogens (tertiary/aromatic N) is 3. The van der Waals surface area contributed by atoms with Crippen LogP contribution in [0.1, 0.15) is 22.3 Å². The second-order valence-electron chi connectivity index (χ2n) is 6.48. The summed E-state index contributed by atoms with van der Waals surface area (Å²) in [6, 6.07) is 9.55. The highest BCUT2D eigenvalue weighted by Crippen LogP contribution is 2.17. The maximum atomic E-state index is 13.4. The smallest absolute Gasteiger partial charge is 0.270 e. The normalized spacial score (nSPS) is 15.4. The number of amides is 1. The number of non-ortho nitro benzene ring substituents is 1. The van der Waals surface area contributed by atoms with Gasteiger partial charge in [0.05, 0.1) is 4.92 Å². The maximum Gasteiger partial charge on any atom is 0.270 e. The molecule has 2 aromatic carbocycles. The predicted molar refractivity (Wildman–Crippen MR) is 95.3 cm³/mol. The van der Waals surface area contributed by atoms with Crippen LogP contribution in [0.3, 0.4) is 0 Å². The molecule has 1 aliphatic rings. The molecule has 2 aromatic rings. The van der Waals surface area contributed by atoms with Gasteiger partial charge in [0.25, 0.3) is 11.6 Å². The number of halogens is 2. The number of carbonyl (C=O) groups excluding carboxylic acids is 1. The predicted octanol–water partition coefficient (Wildman–Crippen LogP) is 3.22. The van der Waals surface area contributed by atoms with Gasteiger partial charge in [0.1, 0.15) is 0 Å². The Kier molecular flexibility index (Phi) is 5.75. The van der Waals surface area contributed by atoms with Gasteiger partial charge < -0.3 is 4.90 Å². The van der Waals surface area contributed by atoms with Crippen LogP contribution in [-0.2, 0) is 6.54 Å². The molecule has 1 saturated heterocycles. The highest BCUT2D eigenvalue weighted by molar-refractivity contribution is 5.94. The molecule has 0 N–H and O–H groups in total. The summed E-state index contributed by atoms with van der Waals surface area (Å²) in [5, 5.41) is 10.9. The highest BCUT2D eigenvalue weighted by atomic mass is 19.2. The summed E-state index contributed by atoms with van der Waals surface area (Å²) in [4.78, 5) is 26.8. The second-order valence-corrected chi connectivity index (χ2v) is 6.48. The van der Waals surface area contributed by atoms with E-state index < -0.39 is 16.6 Å². The number of nitro benzene ring substituents is 1. The monoisotopic (exact) mass is 375 g/mol. The first kappa shape index (κ1) is 18.9. The van der Waals surface area contributed by atoms with Crippen molar-refractivity contribution >= 4 is 11.6 Å². The van der Waals surface area contributed by atoms with E-state index in [1.165, 1.54) is 24.3 Å². The molecular formula is C19H19F2N3O3. The Morgan fingerprint density at radius 2 is 1.85 bits per heavy atom. The Hall–Kier alpha value is -2.87. The minimum absolute atomic E-state index is 0.115. The van der Waals surface area contributed by atoms with E-state index in [4.69, 9.17) is 0 Å². The summed E-state index contributed by atoms with van der Waals surface area (Å²) in [6.07, 6.45) is 0.727. The van der Waals surface area contributed by atoms with Crippen LogP contribution in [0.25, 0.3) is 0 Å². The first-order chi connectivity index (χ1) is 12.9. The Morgan fingerprint density at radius 1 is 1.04 bits per heavy atom. The summed E-state index contributed by atoms with van der Waals surface area (Å²) in [5.41, 5.74) is 0.848. The number of hydrogen-bond acceptors (Lipinski definition) is 4. The molecule has 0 saturated carbocycles. The fraction of sp³-hybridized carbons (Fsp3) is 0.316. The topological polar surface area (TPSA) is 66.7 Å². The van der Waals surface area contributed by atoms with E-state index in [2.05, 4.69) is 4.90 Å². The maximum absolute atomic E-state index is 13.4. The van der Waals surface area contributed by atoms with Crippen molar-refractivity contribution in [1.82, 2.24) is 9.80 Å². The molecule has 6 nitrogen and oxygen atoms in total. The van der Waals surface area contributed by atoms with Gasteiger partial charge in [-0.15, -0.1) is 0 Å². The van der Waals surface area contributed by atoms with Gasteiger partial charge in [-0.2, -0.15) is 0 Å². The van der Waals surface area contributed by atoms with Gasteiger partial charge in [-0.3, -0.25) is 19.8 Å². The molecule has 1 amide bonds. The molecule has 0 bridgehead atoms. The van der Waals surface area contributed by atoms with Crippen molar-refractivity contribution in [3.05, 3.63) is 75.3 Å². The molecule has 0 atom stereocenters. The highest BCUT2D eigenvalue weighted by Gasteiger charge is 2.22. The lowest BCUT2D eigenvalue weighted by Gasteiger charge is -2.22. The molecule has 0 aliphatic carbocycles. The third-order valence-electron chi connectivity index (χ3n) is 4.57. The van der Waals surface area contributed by atoms with Gasteiger partial charge in [0.15, 0.2) is 11.6 Å². The molecule has 1 aliphatic heterocycles. The van der Waals surface area contributed by atoms with Crippen LogP contribution < -0.4 is 0 Å². The first-order valence-corrected chi connectivity index (χ1v) is 8.64. The number of nitro groups is 1. The van der Waals surface area contributed by atoms with E-state index in [9.17, 15) is 23.7 Å². The third-order valence-corrected chi connectivity index (χ3v) is 4.57. The van der Waals surface area contributed by atoms with E-state index in [0.717, 1.165) is 19.0 Å². The molecule has 1 heterocycles. The zero-order chi connectivity index (χ0) is 19.4. The lowest BCUT2D eigenvalue weighted by atomic mass is 10.1. The summed E-state index contributed by atoms with van der Waals surface area (Å²) in [7, 11) is 0. The molecule has 0 spiro atoms. The Bertz CT molecular complexity index is 860. The molecule has 1 fully saturated rings. The molecule has 27 heavy (non-hydrogen) atoms. The number of hydrogen-bond donors (Lipinski definition) is 0. The Balaban J connectivity index is 1.64. The minimum atomic E-state index is -0.872. The number of carbonyl (C=O) groups is 1. The van der Waals surface area contributed by atoms with E-state index in [1.807, 2.05) is 0 Å². The summed E-state index contributed by atoms with van der Waals surface area (Å²) in [5.74, 6) is -1.98. The summed E-state index contributed by atoms with van der Waals surface area (Å²) in [6.45, 7) is 2.77. The quantitative estimate of drug-likeness (QED) is 0.608. The van der Waals surface area contributed by atoms with Crippen molar-refractivity contribution in [2.45, 2.75) is 13.0 Å². The van der Waals surface area contributed by atoms with Crippen molar-refractivity contribution in [1.29, 1.82) is 0 Å². The third kappa shape index (κ3) is 4.65. The van der Waals surface area contributed by atoms with E-state index in [-0.39, 0.29) is 11.6 Å². The fourth-order valence-corrected chi connectivity index (χ4v) is 3.16. The van der Waals surface area contributed by atoms with Gasteiger partial charge in [-0.1, -0.05) is 12.1 Å². The standard InChI is InChI=1S/C19H19F2N3O3/c20-17-6-5-14(11-18(17)21)13-22-7-2-8-23(10-9-22)19(25)15-3-1-4-16(12-15)24(26)27/h1,3-6,11-12H,2,7-10,13H2. The molecule has 8 heteroatoms. The SMILES string of the molecule is O=C(c1cccc([N+](=O)[O-])c1)N1CCCN(Cc2ccc(F)c(F)c2)CC1. The second kappa shape index (κ2) is 8.22. The lowest BCUT2D eigenvalue weighted by molar-refractivity contribution is -0.384. The van der Waals surface area contributed by atoms with Crippen LogP contribution in [0, 0.1) is 21.7 Å². The molecular weight excluding hydrogens is 356 g/mol. The molecule has 0 aromatic heterocycles. The molecule has 142 valence electrons. The van der Waals surface area contributed by atoms with E-state index in [0.29, 0.717) is 37.3 Å². The van der Waals surface area contributed by atoms with Crippen molar-refractivity contribution in [3.8, 4) is 0 Å². The lowest BCUT2D eigenvalue weighted by Crippen LogP contribution is -2.35. The van der Waals surface area contributed by atoms with Crippen LogP contribution in [0.5, 0.6) is 0 Å². The van der Waals surface area contributed by atoms with Gasteiger partial charge in [0, 0.05) is 50.4 Å². The average Bonchev–Trinajstić information content (AvgIpc) is 2.90. The summed E-state index contributed by atoms with van der Waals surface area (Å²) < 4.78 is 26.4. The number of rotatable bonds is 4. The zero-order valence-corrected chi connectivity index (χ0v) is 14.6. The molecule has 0 radical (unpaired) electrons. The molecule has 0 unspecified atom stereocenters. The Morgan fingerprint density at radius 3 is 2.59 bits per heavy atom. The van der Waals surface area contributed by atoms with Crippen LogP contribution in [0.4, 0.5) is 14.5 Å². The average molecular weight is 375 g/mol. The van der Waals surface area contributed by atoms with E-state index >= 15 is 0 Å². The van der Waals surface area contributed by atoms with Crippen molar-refractivity contribution in [2.75, 3.05) is 26.2 Å². The van der Waals surface area contributed by atoms with Gasteiger partial charge in [0.2, 0.25) is 0 Å². The van der Waals surface area contributed by atoms with Crippen molar-refractivity contribution in [2.24, 2.45) is 0 Å². The van der Waals surface area contributed by atoms with Crippen molar-refractivity contribution in [3.63, 3.8) is 0 Å². The van der Waals surface area contributed by atoms with Gasteiger partial charge in [-0.25, -0.2) is 8.78 Å².